The molecule has 56 heavy (non-hydrogen) atoms. The summed E-state index contributed by atoms with van der Waals surface area (Å²) in [6.07, 6.45) is 0. The topological polar surface area (TPSA) is 41.9 Å². The Morgan fingerprint density at radius 3 is 1.59 bits per heavy atom. The second kappa shape index (κ2) is 12.4. The van der Waals surface area contributed by atoms with E-state index in [0.717, 1.165) is 44.3 Å². The van der Waals surface area contributed by atoms with Crippen LogP contribution in [0.3, 0.4) is 0 Å². The Balaban J connectivity index is 1.21. The van der Waals surface area contributed by atoms with Crippen molar-refractivity contribution in [3.05, 3.63) is 127 Å². The largest absolute Gasteiger partial charge is 0.494 e. The van der Waals surface area contributed by atoms with Crippen molar-refractivity contribution in [3.63, 3.8) is 0 Å². The molecular formula is C48H45B2NO4S. The fraction of sp³-hybridized carbons (Fsp3) is 0.250. The minimum Gasteiger partial charge on any atom is -0.399 e. The Labute approximate surface area is 333 Å². The molecule has 4 heterocycles. The van der Waals surface area contributed by atoms with E-state index in [-0.39, 0.29) is 0 Å². The number of benzene rings is 6. The highest BCUT2D eigenvalue weighted by Gasteiger charge is 2.53. The third kappa shape index (κ3) is 5.53. The van der Waals surface area contributed by atoms with Gasteiger partial charge in [0.15, 0.2) is 0 Å². The van der Waals surface area contributed by atoms with Gasteiger partial charge in [0, 0.05) is 42.2 Å². The second-order valence-corrected chi connectivity index (χ2v) is 18.5. The Morgan fingerprint density at radius 1 is 0.446 bits per heavy atom. The quantitative estimate of drug-likeness (QED) is 0.164. The van der Waals surface area contributed by atoms with Crippen LogP contribution in [0.2, 0.25) is 0 Å². The van der Waals surface area contributed by atoms with Crippen LogP contribution in [0.4, 0.5) is 0 Å². The van der Waals surface area contributed by atoms with Crippen LogP contribution >= 0.6 is 11.3 Å². The molecular weight excluding hydrogens is 708 g/mol. The summed E-state index contributed by atoms with van der Waals surface area (Å²) in [5.41, 5.74) is 8.07. The third-order valence-electron chi connectivity index (χ3n) is 12.8. The highest BCUT2D eigenvalue weighted by molar-refractivity contribution is 7.26. The summed E-state index contributed by atoms with van der Waals surface area (Å²) in [5, 5.41) is 4.93. The Kier molecular flexibility index (Phi) is 7.91. The number of para-hydroxylation sites is 2. The molecule has 278 valence electrons. The van der Waals surface area contributed by atoms with Crippen LogP contribution < -0.4 is 10.9 Å². The minimum atomic E-state index is -0.534. The number of aromatic nitrogens is 1. The van der Waals surface area contributed by atoms with Gasteiger partial charge in [0.1, 0.15) is 0 Å². The lowest BCUT2D eigenvalue weighted by Crippen LogP contribution is -2.41. The summed E-state index contributed by atoms with van der Waals surface area (Å²) in [4.78, 5) is 0. The molecule has 2 aromatic heterocycles. The summed E-state index contributed by atoms with van der Waals surface area (Å²) in [6.45, 7) is 16.9. The summed E-state index contributed by atoms with van der Waals surface area (Å²) in [6, 6.07) is 46.3. The van der Waals surface area contributed by atoms with E-state index in [9.17, 15) is 0 Å². The van der Waals surface area contributed by atoms with Gasteiger partial charge in [0.05, 0.1) is 33.4 Å². The molecule has 0 N–H and O–H groups in total. The van der Waals surface area contributed by atoms with E-state index in [1.807, 2.05) is 11.3 Å². The van der Waals surface area contributed by atoms with E-state index in [1.54, 1.807) is 0 Å². The molecule has 0 spiro atoms. The lowest BCUT2D eigenvalue weighted by Gasteiger charge is -2.32. The standard InChI is InChI=1S/C48H45B2NO4S/c1-45(2)46(3,4)53-49(52-45)33-17-15-16-30(24-33)39-27-32(28-40-38-20-11-14-23-43(38)56-44(39)40)31-25-34(50-54-47(5,6)48(7,8)55-50)29-35(26-31)51-41-21-12-9-18-36(41)37-19-10-13-22-42(37)51/h9-29H,1-8H3. The molecule has 8 heteroatoms. The maximum absolute atomic E-state index is 6.73. The fourth-order valence-corrected chi connectivity index (χ4v) is 9.51. The van der Waals surface area contributed by atoms with E-state index in [2.05, 4.69) is 187 Å². The maximum Gasteiger partial charge on any atom is 0.494 e. The number of hydrogen-bond acceptors (Lipinski definition) is 5. The third-order valence-corrected chi connectivity index (χ3v) is 14.1. The van der Waals surface area contributed by atoms with Gasteiger partial charge >= 0.3 is 14.2 Å². The van der Waals surface area contributed by atoms with Gasteiger partial charge in [-0.3, -0.25) is 0 Å². The molecule has 0 saturated carbocycles. The summed E-state index contributed by atoms with van der Waals surface area (Å²) in [7, 11) is -0.986. The zero-order chi connectivity index (χ0) is 38.8. The Bertz CT molecular complexity index is 2780. The van der Waals surface area contributed by atoms with Crippen molar-refractivity contribution in [1.82, 2.24) is 4.57 Å². The van der Waals surface area contributed by atoms with Crippen molar-refractivity contribution in [2.45, 2.75) is 77.8 Å². The molecule has 6 aromatic carbocycles. The molecule has 2 fully saturated rings. The summed E-state index contributed by atoms with van der Waals surface area (Å²) < 4.78 is 31.4. The normalized spacial score (nSPS) is 18.6. The van der Waals surface area contributed by atoms with Crippen molar-refractivity contribution < 1.29 is 18.6 Å². The Hall–Kier alpha value is -4.69. The number of thiophene rings is 1. The number of rotatable bonds is 5. The molecule has 2 saturated heterocycles. The van der Waals surface area contributed by atoms with Gasteiger partial charge in [0.25, 0.3) is 0 Å². The molecule has 5 nitrogen and oxygen atoms in total. The number of fused-ring (bicyclic) bond motifs is 6. The van der Waals surface area contributed by atoms with E-state index in [4.69, 9.17) is 18.6 Å². The lowest BCUT2D eigenvalue weighted by atomic mass is 9.77. The van der Waals surface area contributed by atoms with Crippen molar-refractivity contribution in [3.8, 4) is 27.9 Å². The molecule has 0 amide bonds. The molecule has 8 aromatic rings. The first-order valence-corrected chi connectivity index (χ1v) is 20.4. The molecule has 2 aliphatic rings. The highest BCUT2D eigenvalue weighted by atomic mass is 32.1. The van der Waals surface area contributed by atoms with Crippen LogP contribution in [0.15, 0.2) is 127 Å². The van der Waals surface area contributed by atoms with Crippen LogP contribution in [0.1, 0.15) is 55.4 Å². The maximum atomic E-state index is 6.73. The second-order valence-electron chi connectivity index (χ2n) is 17.5. The summed E-state index contributed by atoms with van der Waals surface area (Å²) >= 11 is 1.85. The highest BCUT2D eigenvalue weighted by Crippen LogP contribution is 2.44. The molecule has 0 aliphatic carbocycles. The van der Waals surface area contributed by atoms with Crippen molar-refractivity contribution in [2.24, 2.45) is 0 Å². The van der Waals surface area contributed by atoms with Crippen molar-refractivity contribution in [2.75, 3.05) is 0 Å². The SMILES string of the molecule is CC1(C)OB(c2cccc(-c3cc(-c4cc(B5OC(C)(C)C(C)(C)O5)cc(-n5c6ccccc6c6ccccc65)c4)cc4c3sc3ccccc34)c2)OC1(C)C. The predicted octanol–water partition coefficient (Wildman–Crippen LogP) is 11.1. The number of hydrogen-bond donors (Lipinski definition) is 0. The van der Waals surface area contributed by atoms with E-state index >= 15 is 0 Å². The molecule has 0 atom stereocenters. The van der Waals surface area contributed by atoms with Gasteiger partial charge in [-0.05, 0) is 125 Å². The van der Waals surface area contributed by atoms with Gasteiger partial charge in [-0.1, -0.05) is 84.9 Å². The van der Waals surface area contributed by atoms with Crippen LogP contribution in [-0.4, -0.2) is 41.2 Å². The monoisotopic (exact) mass is 753 g/mol. The summed E-state index contributed by atoms with van der Waals surface area (Å²) in [5.74, 6) is 0. The molecule has 0 unspecified atom stereocenters. The zero-order valence-corrected chi connectivity index (χ0v) is 34.1. The van der Waals surface area contributed by atoms with E-state index in [0.29, 0.717) is 0 Å². The van der Waals surface area contributed by atoms with Gasteiger partial charge in [-0.2, -0.15) is 0 Å². The van der Waals surface area contributed by atoms with Crippen molar-refractivity contribution >= 4 is 78.5 Å². The van der Waals surface area contributed by atoms with Gasteiger partial charge < -0.3 is 23.2 Å². The van der Waals surface area contributed by atoms with Gasteiger partial charge in [-0.25, -0.2) is 0 Å². The Morgan fingerprint density at radius 2 is 0.964 bits per heavy atom. The lowest BCUT2D eigenvalue weighted by molar-refractivity contribution is 0.00578. The first kappa shape index (κ1) is 35.7. The first-order valence-electron chi connectivity index (χ1n) is 19.6. The van der Waals surface area contributed by atoms with Crippen LogP contribution in [0.5, 0.6) is 0 Å². The van der Waals surface area contributed by atoms with Gasteiger partial charge in [-0.15, -0.1) is 11.3 Å². The average Bonchev–Trinajstić information content (AvgIpc) is 3.85. The molecule has 2 aliphatic heterocycles. The van der Waals surface area contributed by atoms with Crippen molar-refractivity contribution in [1.29, 1.82) is 0 Å². The van der Waals surface area contributed by atoms with E-state index in [1.165, 1.54) is 36.5 Å². The minimum absolute atomic E-state index is 0.428. The van der Waals surface area contributed by atoms with Crippen LogP contribution in [0.25, 0.3) is 69.9 Å². The number of nitrogens with zero attached hydrogens (tertiary/aromatic N) is 1. The van der Waals surface area contributed by atoms with Crippen LogP contribution in [-0.2, 0) is 18.6 Å². The zero-order valence-electron chi connectivity index (χ0n) is 33.3. The van der Waals surface area contributed by atoms with Crippen LogP contribution in [0, 0.1) is 0 Å². The molecule has 0 radical (unpaired) electrons. The first-order chi connectivity index (χ1) is 26.7. The fourth-order valence-electron chi connectivity index (χ4n) is 8.29. The smallest absolute Gasteiger partial charge is 0.399 e. The van der Waals surface area contributed by atoms with Gasteiger partial charge in [0.2, 0.25) is 0 Å². The van der Waals surface area contributed by atoms with E-state index < -0.39 is 36.6 Å². The average molecular weight is 754 g/mol. The molecule has 10 rings (SSSR count). The molecule has 0 bridgehead atoms. The predicted molar refractivity (Wildman–Crippen MR) is 236 cm³/mol.